The fourth-order valence-electron chi connectivity index (χ4n) is 3.53. The van der Waals surface area contributed by atoms with Gasteiger partial charge in [0.15, 0.2) is 0 Å². The van der Waals surface area contributed by atoms with E-state index in [-0.39, 0.29) is 18.4 Å². The van der Waals surface area contributed by atoms with Gasteiger partial charge in [-0.15, -0.1) is 0 Å². The molecule has 3 N–H and O–H groups in total. The van der Waals surface area contributed by atoms with Crippen molar-refractivity contribution in [1.82, 2.24) is 10.6 Å². The largest absolute Gasteiger partial charge is 0.444 e. The van der Waals surface area contributed by atoms with E-state index in [1.54, 1.807) is 26.8 Å². The van der Waals surface area contributed by atoms with Crippen molar-refractivity contribution in [2.45, 2.75) is 77.9 Å². The number of carbonyl (C=O) groups excluding carboxylic acids is 3. The maximum atomic E-state index is 12.1. The highest BCUT2D eigenvalue weighted by Crippen LogP contribution is 2.27. The number of anilines is 1. The van der Waals surface area contributed by atoms with Crippen LogP contribution >= 0.6 is 0 Å². The van der Waals surface area contributed by atoms with Gasteiger partial charge in [-0.05, 0) is 50.8 Å². The number of alkyl carbamates (subject to hydrolysis) is 1. The normalized spacial score (nSPS) is 14.6. The van der Waals surface area contributed by atoms with Gasteiger partial charge in [-0.3, -0.25) is 9.59 Å². The summed E-state index contributed by atoms with van der Waals surface area (Å²) >= 11 is 0. The number of rotatable bonds is 8. The van der Waals surface area contributed by atoms with E-state index in [4.69, 9.17) is 4.74 Å². The molecular formula is C23H35N3O4. The van der Waals surface area contributed by atoms with Gasteiger partial charge in [0.25, 0.3) is 0 Å². The van der Waals surface area contributed by atoms with Crippen LogP contribution in [0, 0.1) is 5.92 Å². The molecule has 1 aliphatic carbocycles. The molecule has 0 atom stereocenters. The Morgan fingerprint density at radius 2 is 1.77 bits per heavy atom. The predicted molar refractivity (Wildman–Crippen MR) is 117 cm³/mol. The predicted octanol–water partition coefficient (Wildman–Crippen LogP) is 4.13. The molecule has 0 radical (unpaired) electrons. The fourth-order valence-corrected chi connectivity index (χ4v) is 3.53. The van der Waals surface area contributed by atoms with Crippen LogP contribution in [0.4, 0.5) is 10.5 Å². The number of hydrogen-bond donors (Lipinski definition) is 3. The number of benzene rings is 1. The minimum Gasteiger partial charge on any atom is -0.444 e. The summed E-state index contributed by atoms with van der Waals surface area (Å²) in [5.41, 5.74) is 0.897. The smallest absolute Gasteiger partial charge is 0.408 e. The second-order valence-corrected chi connectivity index (χ2v) is 8.92. The second-order valence-electron chi connectivity index (χ2n) is 8.92. The van der Waals surface area contributed by atoms with Gasteiger partial charge < -0.3 is 20.7 Å². The summed E-state index contributed by atoms with van der Waals surface area (Å²) in [6.07, 6.45) is 7.30. The van der Waals surface area contributed by atoms with Crippen LogP contribution in [0.25, 0.3) is 0 Å². The zero-order valence-electron chi connectivity index (χ0n) is 18.4. The lowest BCUT2D eigenvalue weighted by Gasteiger charge is -2.21. The second kappa shape index (κ2) is 11.6. The van der Waals surface area contributed by atoms with Crippen LogP contribution in [-0.2, 0) is 20.9 Å². The van der Waals surface area contributed by atoms with Crippen molar-refractivity contribution in [3.63, 3.8) is 0 Å². The number of hydrogen-bond acceptors (Lipinski definition) is 4. The van der Waals surface area contributed by atoms with Crippen LogP contribution < -0.4 is 16.0 Å². The third-order valence-corrected chi connectivity index (χ3v) is 5.00. The van der Waals surface area contributed by atoms with Crippen LogP contribution in [0.3, 0.4) is 0 Å². The van der Waals surface area contributed by atoms with Crippen molar-refractivity contribution in [2.24, 2.45) is 5.92 Å². The summed E-state index contributed by atoms with van der Waals surface area (Å²) in [7, 11) is 0. The summed E-state index contributed by atoms with van der Waals surface area (Å²) < 4.78 is 5.10. The molecule has 0 aliphatic heterocycles. The van der Waals surface area contributed by atoms with Crippen molar-refractivity contribution in [3.8, 4) is 0 Å². The molecule has 0 heterocycles. The minimum atomic E-state index is -0.637. The highest BCUT2D eigenvalue weighted by atomic mass is 16.6. The first-order chi connectivity index (χ1) is 14.2. The van der Waals surface area contributed by atoms with Gasteiger partial charge in [-0.25, -0.2) is 4.79 Å². The average Bonchev–Trinajstić information content (AvgIpc) is 2.69. The van der Waals surface area contributed by atoms with Gasteiger partial charge in [0.2, 0.25) is 11.8 Å². The van der Waals surface area contributed by atoms with E-state index in [0.717, 1.165) is 12.0 Å². The van der Waals surface area contributed by atoms with Gasteiger partial charge in [0.05, 0.1) is 0 Å². The van der Waals surface area contributed by atoms with E-state index in [2.05, 4.69) is 16.0 Å². The Morgan fingerprint density at radius 1 is 1.03 bits per heavy atom. The standard InChI is InChI=1S/C23H35N3O4/c1-23(2,3)30-22(29)25-16-21(28)26-19-11-7-10-18(14-19)15-24-20(27)13-12-17-8-5-4-6-9-17/h7,10-11,14,17H,4-6,8-9,12-13,15-16H2,1-3H3,(H,24,27)(H,25,29)(H,26,28). The van der Waals surface area contributed by atoms with Crippen molar-refractivity contribution < 1.29 is 19.1 Å². The SMILES string of the molecule is CC(C)(C)OC(=O)NCC(=O)Nc1cccc(CNC(=O)CCC2CCCCC2)c1. The van der Waals surface area contributed by atoms with Crippen molar-refractivity contribution in [2.75, 3.05) is 11.9 Å². The Bertz CT molecular complexity index is 721. The first kappa shape index (κ1) is 23.7. The van der Waals surface area contributed by atoms with E-state index in [1.807, 2.05) is 18.2 Å². The van der Waals surface area contributed by atoms with Crippen LogP contribution in [0.2, 0.25) is 0 Å². The van der Waals surface area contributed by atoms with Gasteiger partial charge in [0, 0.05) is 18.7 Å². The van der Waals surface area contributed by atoms with Crippen LogP contribution in [-0.4, -0.2) is 30.1 Å². The van der Waals surface area contributed by atoms with Gasteiger partial charge >= 0.3 is 6.09 Å². The molecule has 1 fully saturated rings. The molecule has 7 heteroatoms. The summed E-state index contributed by atoms with van der Waals surface area (Å²) in [5, 5.41) is 8.11. The van der Waals surface area contributed by atoms with Gasteiger partial charge in [-0.2, -0.15) is 0 Å². The molecule has 7 nitrogen and oxygen atoms in total. The Balaban J connectivity index is 1.71. The Kier molecular flexibility index (Phi) is 9.15. The third kappa shape index (κ3) is 9.76. The summed E-state index contributed by atoms with van der Waals surface area (Å²) in [4.78, 5) is 35.8. The van der Waals surface area contributed by atoms with Crippen molar-refractivity contribution in [1.29, 1.82) is 0 Å². The molecule has 1 aliphatic rings. The average molecular weight is 418 g/mol. The summed E-state index contributed by atoms with van der Waals surface area (Å²) in [5.74, 6) is 0.406. The fraction of sp³-hybridized carbons (Fsp3) is 0.609. The van der Waals surface area contributed by atoms with Crippen molar-refractivity contribution >= 4 is 23.6 Å². The molecule has 1 aromatic rings. The number of ether oxygens (including phenoxy) is 1. The lowest BCUT2D eigenvalue weighted by molar-refractivity contribution is -0.121. The molecule has 2 rings (SSSR count). The monoisotopic (exact) mass is 417 g/mol. The van der Waals surface area contributed by atoms with Gasteiger partial charge in [0.1, 0.15) is 12.1 Å². The summed E-state index contributed by atoms with van der Waals surface area (Å²) in [6.45, 7) is 5.51. The molecule has 0 saturated heterocycles. The molecule has 1 aromatic carbocycles. The van der Waals surface area contributed by atoms with E-state index in [0.29, 0.717) is 24.6 Å². The van der Waals surface area contributed by atoms with E-state index >= 15 is 0 Å². The first-order valence-electron chi connectivity index (χ1n) is 10.8. The highest BCUT2D eigenvalue weighted by molar-refractivity contribution is 5.93. The lowest BCUT2D eigenvalue weighted by atomic mass is 9.86. The first-order valence-corrected chi connectivity index (χ1v) is 10.8. The maximum absolute atomic E-state index is 12.1. The highest BCUT2D eigenvalue weighted by Gasteiger charge is 2.17. The quantitative estimate of drug-likeness (QED) is 0.593. The molecule has 1 saturated carbocycles. The van der Waals surface area contributed by atoms with E-state index < -0.39 is 11.7 Å². The van der Waals surface area contributed by atoms with E-state index in [1.165, 1.54) is 32.1 Å². The molecule has 0 spiro atoms. The Labute approximate surface area is 179 Å². The maximum Gasteiger partial charge on any atom is 0.408 e. The number of nitrogens with one attached hydrogen (secondary N) is 3. The number of carbonyl (C=O) groups is 3. The molecule has 30 heavy (non-hydrogen) atoms. The van der Waals surface area contributed by atoms with E-state index in [9.17, 15) is 14.4 Å². The molecule has 166 valence electrons. The zero-order chi connectivity index (χ0) is 22.0. The minimum absolute atomic E-state index is 0.0663. The van der Waals surface area contributed by atoms with Crippen LogP contribution in [0.15, 0.2) is 24.3 Å². The van der Waals surface area contributed by atoms with Crippen LogP contribution in [0.1, 0.15) is 71.3 Å². The molecule has 0 unspecified atom stereocenters. The lowest BCUT2D eigenvalue weighted by Crippen LogP contribution is -2.37. The zero-order valence-corrected chi connectivity index (χ0v) is 18.4. The molecule has 3 amide bonds. The Hall–Kier alpha value is -2.57. The molecule has 0 aromatic heterocycles. The summed E-state index contributed by atoms with van der Waals surface area (Å²) in [6, 6.07) is 7.29. The van der Waals surface area contributed by atoms with Crippen molar-refractivity contribution in [3.05, 3.63) is 29.8 Å². The molecule has 0 bridgehead atoms. The van der Waals surface area contributed by atoms with Gasteiger partial charge in [-0.1, -0.05) is 44.2 Å². The molecular weight excluding hydrogens is 382 g/mol. The van der Waals surface area contributed by atoms with Crippen LogP contribution in [0.5, 0.6) is 0 Å². The number of amides is 3. The third-order valence-electron chi connectivity index (χ3n) is 5.00. The topological polar surface area (TPSA) is 96.5 Å². The Morgan fingerprint density at radius 3 is 2.47 bits per heavy atom.